The summed E-state index contributed by atoms with van der Waals surface area (Å²) in [6.45, 7) is 6.46. The molecule has 0 unspecified atom stereocenters. The Morgan fingerprint density at radius 3 is 1.86 bits per heavy atom. The van der Waals surface area contributed by atoms with Crippen LogP contribution in [0.4, 0.5) is 14.0 Å². The number of carbonyl (C=O) groups is 2. The van der Waals surface area contributed by atoms with Crippen LogP contribution in [-0.2, 0) is 0 Å². The van der Waals surface area contributed by atoms with Gasteiger partial charge in [0.2, 0.25) is 0 Å². The average Bonchev–Trinajstić information content (AvgIpc) is 2.99. The zero-order chi connectivity index (χ0) is 20.7. The van der Waals surface area contributed by atoms with E-state index < -0.39 is 23.4 Å². The average molecular weight is 402 g/mol. The minimum Gasteiger partial charge on any atom is -0.323 e. The lowest BCUT2D eigenvalue weighted by atomic mass is 10.00. The number of likely N-dealkylation sites (tertiary alicyclic amines) is 2. The zero-order valence-corrected chi connectivity index (χ0v) is 16.9. The fraction of sp³-hybridized carbons (Fsp3) is 0.571. The van der Waals surface area contributed by atoms with Crippen molar-refractivity contribution in [3.05, 3.63) is 34.4 Å². The lowest BCUT2D eigenvalue weighted by molar-refractivity contribution is 0.156. The first-order chi connectivity index (χ1) is 13.9. The van der Waals surface area contributed by atoms with Crippen molar-refractivity contribution in [2.45, 2.75) is 39.5 Å². The molecule has 4 rings (SSSR count). The van der Waals surface area contributed by atoms with Crippen molar-refractivity contribution in [3.8, 4) is 0 Å². The van der Waals surface area contributed by atoms with E-state index in [1.165, 1.54) is 12.1 Å². The predicted molar refractivity (Wildman–Crippen MR) is 108 cm³/mol. The molecule has 1 aromatic heterocycles. The molecule has 2 saturated heterocycles. The number of benzene rings is 1. The maximum Gasteiger partial charge on any atom is 0.346 e. The van der Waals surface area contributed by atoms with Gasteiger partial charge in [-0.1, -0.05) is 13.8 Å². The van der Waals surface area contributed by atoms with Gasteiger partial charge in [0.15, 0.2) is 0 Å². The van der Waals surface area contributed by atoms with E-state index in [4.69, 9.17) is 0 Å². The van der Waals surface area contributed by atoms with Crippen LogP contribution in [-0.4, -0.2) is 57.4 Å². The molecule has 2 aliphatic heterocycles. The molecule has 0 N–H and O–H groups in total. The molecule has 8 heteroatoms. The lowest BCUT2D eigenvalue weighted by Gasteiger charge is -2.32. The van der Waals surface area contributed by atoms with Gasteiger partial charge in [0, 0.05) is 32.2 Å². The number of carbonyl (C=O) groups excluding carboxylic acids is 2. The molecule has 0 saturated carbocycles. The Morgan fingerprint density at radius 1 is 0.862 bits per heavy atom. The summed E-state index contributed by atoms with van der Waals surface area (Å²) < 4.78 is 16.0. The van der Waals surface area contributed by atoms with Gasteiger partial charge in [-0.3, -0.25) is 4.79 Å². The van der Waals surface area contributed by atoms with Gasteiger partial charge in [-0.05, 0) is 49.7 Å². The van der Waals surface area contributed by atoms with E-state index in [9.17, 15) is 18.8 Å². The largest absolute Gasteiger partial charge is 0.346 e. The fourth-order valence-electron chi connectivity index (χ4n) is 4.20. The topological polar surface area (TPSA) is 67.5 Å². The highest BCUT2D eigenvalue weighted by molar-refractivity contribution is 5.94. The van der Waals surface area contributed by atoms with Crippen LogP contribution in [0.15, 0.2) is 23.0 Å². The van der Waals surface area contributed by atoms with Crippen molar-refractivity contribution in [2.24, 2.45) is 11.8 Å². The molecule has 1 aromatic carbocycles. The number of piperidine rings is 2. The van der Waals surface area contributed by atoms with Gasteiger partial charge in [-0.2, -0.15) is 9.36 Å². The van der Waals surface area contributed by atoms with Crippen LogP contribution < -0.4 is 5.56 Å². The molecule has 7 nitrogen and oxygen atoms in total. The third kappa shape index (κ3) is 3.56. The lowest BCUT2D eigenvalue weighted by Crippen LogP contribution is -2.49. The smallest absolute Gasteiger partial charge is 0.323 e. The summed E-state index contributed by atoms with van der Waals surface area (Å²) in [5, 5.41) is 0.170. The van der Waals surface area contributed by atoms with Gasteiger partial charge >= 0.3 is 12.1 Å². The first-order valence-electron chi connectivity index (χ1n) is 10.4. The van der Waals surface area contributed by atoms with E-state index in [2.05, 4.69) is 13.8 Å². The van der Waals surface area contributed by atoms with E-state index in [0.29, 0.717) is 38.0 Å². The van der Waals surface area contributed by atoms with Crippen LogP contribution in [0.2, 0.25) is 0 Å². The van der Waals surface area contributed by atoms with E-state index >= 15 is 0 Å². The summed E-state index contributed by atoms with van der Waals surface area (Å²) in [4.78, 5) is 42.9. The second kappa shape index (κ2) is 7.65. The molecule has 0 aliphatic carbocycles. The van der Waals surface area contributed by atoms with E-state index in [1.807, 2.05) is 0 Å². The number of fused-ring (bicyclic) bond motifs is 1. The van der Waals surface area contributed by atoms with Crippen LogP contribution in [0.5, 0.6) is 0 Å². The molecule has 3 heterocycles. The highest BCUT2D eigenvalue weighted by Gasteiger charge is 2.31. The van der Waals surface area contributed by atoms with Gasteiger partial charge in [0.05, 0.1) is 10.9 Å². The summed E-state index contributed by atoms with van der Waals surface area (Å²) in [7, 11) is 0. The zero-order valence-electron chi connectivity index (χ0n) is 16.9. The molecule has 2 fully saturated rings. The summed E-state index contributed by atoms with van der Waals surface area (Å²) in [6, 6.07) is 2.71. The number of nitrogens with zero attached hydrogens (tertiary/aromatic N) is 4. The van der Waals surface area contributed by atoms with E-state index in [-0.39, 0.29) is 10.9 Å². The van der Waals surface area contributed by atoms with Gasteiger partial charge in [-0.15, -0.1) is 0 Å². The molecule has 0 bridgehead atoms. The van der Waals surface area contributed by atoms with E-state index in [1.54, 1.807) is 9.80 Å². The minimum absolute atomic E-state index is 0.136. The normalized spacial score (nSPS) is 19.1. The Balaban J connectivity index is 1.80. The highest BCUT2D eigenvalue weighted by atomic mass is 19.1. The molecule has 2 aliphatic rings. The molecule has 0 radical (unpaired) electrons. The van der Waals surface area contributed by atoms with Gasteiger partial charge in [0.25, 0.3) is 5.56 Å². The van der Waals surface area contributed by atoms with Crippen molar-refractivity contribution in [2.75, 3.05) is 26.2 Å². The maximum absolute atomic E-state index is 14.0. The monoisotopic (exact) mass is 402 g/mol. The standard InChI is InChI=1S/C21H27FN4O3/c1-14-5-9-23(10-6-14)20(28)25-18-13-16(22)3-4-17(18)19(27)26(25)21(29)24-11-7-15(2)8-12-24/h3-4,13-15H,5-12H2,1-2H3. The molecule has 2 amide bonds. The van der Waals surface area contributed by atoms with Crippen LogP contribution in [0, 0.1) is 17.7 Å². The van der Waals surface area contributed by atoms with Crippen LogP contribution in [0.1, 0.15) is 39.5 Å². The van der Waals surface area contributed by atoms with Crippen LogP contribution in [0.3, 0.4) is 0 Å². The maximum atomic E-state index is 14.0. The number of amides is 2. The fourth-order valence-corrected chi connectivity index (χ4v) is 4.20. The third-order valence-electron chi connectivity index (χ3n) is 6.28. The molecule has 0 atom stereocenters. The second-order valence-corrected chi connectivity index (χ2v) is 8.49. The molecule has 156 valence electrons. The van der Waals surface area contributed by atoms with Crippen LogP contribution >= 0.6 is 0 Å². The molecule has 2 aromatic rings. The first kappa shape index (κ1) is 19.7. The Morgan fingerprint density at radius 2 is 1.34 bits per heavy atom. The number of hydrogen-bond acceptors (Lipinski definition) is 3. The Labute approximate surface area is 168 Å². The van der Waals surface area contributed by atoms with Crippen LogP contribution in [0.25, 0.3) is 10.9 Å². The number of halogens is 1. The molecular weight excluding hydrogens is 375 g/mol. The van der Waals surface area contributed by atoms with Crippen molar-refractivity contribution in [1.29, 1.82) is 0 Å². The SMILES string of the molecule is CC1CCN(C(=O)n2c(=O)c3ccc(F)cc3n2C(=O)N2CCC(C)CC2)CC1. The minimum atomic E-state index is -0.581. The number of hydrogen-bond donors (Lipinski definition) is 0. The van der Waals surface area contributed by atoms with Gasteiger partial charge in [0.1, 0.15) is 5.82 Å². The van der Waals surface area contributed by atoms with Crippen molar-refractivity contribution >= 4 is 23.0 Å². The Kier molecular flexibility index (Phi) is 5.19. The predicted octanol–water partition coefficient (Wildman–Crippen LogP) is 3.34. The molecule has 29 heavy (non-hydrogen) atoms. The quantitative estimate of drug-likeness (QED) is 0.679. The summed E-state index contributed by atoms with van der Waals surface area (Å²) in [5.74, 6) is 0.493. The summed E-state index contributed by atoms with van der Waals surface area (Å²) in [6.07, 6.45) is 3.43. The number of aromatic nitrogens is 2. The third-order valence-corrected chi connectivity index (χ3v) is 6.28. The van der Waals surface area contributed by atoms with Gasteiger partial charge < -0.3 is 9.80 Å². The summed E-state index contributed by atoms with van der Waals surface area (Å²) >= 11 is 0. The molecular formula is C21H27FN4O3. The Bertz CT molecular complexity index is 995. The Hall–Kier alpha value is -2.64. The number of rotatable bonds is 0. The second-order valence-electron chi connectivity index (χ2n) is 8.49. The first-order valence-corrected chi connectivity index (χ1v) is 10.4. The summed E-state index contributed by atoms with van der Waals surface area (Å²) in [5.41, 5.74) is -0.445. The van der Waals surface area contributed by atoms with E-state index in [0.717, 1.165) is 41.1 Å². The van der Waals surface area contributed by atoms with Crippen molar-refractivity contribution < 1.29 is 14.0 Å². The van der Waals surface area contributed by atoms with Crippen molar-refractivity contribution in [1.82, 2.24) is 19.2 Å². The van der Waals surface area contributed by atoms with Gasteiger partial charge in [-0.25, -0.2) is 14.0 Å². The molecule has 0 spiro atoms. The highest BCUT2D eigenvalue weighted by Crippen LogP contribution is 2.21. The van der Waals surface area contributed by atoms with Crippen molar-refractivity contribution in [3.63, 3.8) is 0 Å².